The lowest BCUT2D eigenvalue weighted by molar-refractivity contribution is -0.385. The van der Waals surface area contributed by atoms with Crippen molar-refractivity contribution in [3.05, 3.63) is 39.7 Å². The molecule has 0 aliphatic carbocycles. The highest BCUT2D eigenvalue weighted by atomic mass is 19.1. The Bertz CT molecular complexity index is 618. The molecule has 0 aromatic heterocycles. The average molecular weight is 299 g/mol. The molecule has 0 fully saturated rings. The van der Waals surface area contributed by atoms with E-state index in [1.807, 2.05) is 5.32 Å². The topological polar surface area (TPSA) is 153 Å². The van der Waals surface area contributed by atoms with Gasteiger partial charge < -0.3 is 16.2 Å². The summed E-state index contributed by atoms with van der Waals surface area (Å²) in [6.07, 6.45) is -0.704. The van der Waals surface area contributed by atoms with E-state index in [1.54, 1.807) is 0 Å². The molecule has 21 heavy (non-hydrogen) atoms. The zero-order valence-corrected chi connectivity index (χ0v) is 10.4. The molecule has 2 amide bonds. The summed E-state index contributed by atoms with van der Waals surface area (Å²) < 4.78 is 13.1. The molecule has 0 bridgehead atoms. The minimum atomic E-state index is -1.67. The van der Waals surface area contributed by atoms with Crippen molar-refractivity contribution in [1.82, 2.24) is 5.32 Å². The number of hydrogen-bond donors (Lipinski definition) is 3. The number of halogens is 1. The van der Waals surface area contributed by atoms with Crippen LogP contribution in [0.4, 0.5) is 10.1 Å². The third kappa shape index (κ3) is 4.23. The van der Waals surface area contributed by atoms with Gasteiger partial charge in [0, 0.05) is 6.07 Å². The standard InChI is InChI=1S/C11H10FN3O6/c12-5-1-2-8(15(20)21)6(3-5)10(17)14-7(11(18)19)4-9(13)16/h1-3,7H,4H2,(H2,13,16)(H,14,17)(H,18,19)/t7-/m1/s1. The smallest absolute Gasteiger partial charge is 0.326 e. The van der Waals surface area contributed by atoms with Gasteiger partial charge in [-0.15, -0.1) is 0 Å². The molecule has 1 aromatic carbocycles. The van der Waals surface area contributed by atoms with Crippen LogP contribution in [-0.4, -0.2) is 33.9 Å². The van der Waals surface area contributed by atoms with E-state index in [4.69, 9.17) is 10.8 Å². The van der Waals surface area contributed by atoms with Crippen molar-refractivity contribution in [2.24, 2.45) is 5.73 Å². The van der Waals surface area contributed by atoms with Crippen LogP contribution in [0.15, 0.2) is 18.2 Å². The number of aliphatic carboxylic acids is 1. The molecule has 1 rings (SSSR count). The van der Waals surface area contributed by atoms with Crippen LogP contribution in [-0.2, 0) is 9.59 Å². The van der Waals surface area contributed by atoms with Gasteiger partial charge in [0.15, 0.2) is 0 Å². The van der Waals surface area contributed by atoms with Crippen LogP contribution in [0.2, 0.25) is 0 Å². The third-order valence-corrected chi connectivity index (χ3v) is 2.41. The summed E-state index contributed by atoms with van der Waals surface area (Å²) in [5, 5.41) is 21.4. The second-order valence-corrected chi connectivity index (χ2v) is 3.95. The average Bonchev–Trinajstić information content (AvgIpc) is 2.36. The number of primary amides is 1. The van der Waals surface area contributed by atoms with Gasteiger partial charge in [0.05, 0.1) is 11.3 Å². The minimum Gasteiger partial charge on any atom is -0.480 e. The first-order valence-electron chi connectivity index (χ1n) is 5.48. The Hall–Kier alpha value is -3.04. The predicted molar refractivity (Wildman–Crippen MR) is 65.8 cm³/mol. The number of nitro benzene ring substituents is 1. The molecule has 112 valence electrons. The van der Waals surface area contributed by atoms with E-state index in [0.29, 0.717) is 6.07 Å². The molecule has 0 aliphatic rings. The number of nitrogens with one attached hydrogen (secondary N) is 1. The van der Waals surface area contributed by atoms with E-state index in [1.165, 1.54) is 0 Å². The monoisotopic (exact) mass is 299 g/mol. The van der Waals surface area contributed by atoms with E-state index >= 15 is 0 Å². The number of hydrogen-bond acceptors (Lipinski definition) is 5. The van der Waals surface area contributed by atoms with Crippen LogP contribution < -0.4 is 11.1 Å². The molecule has 10 heteroatoms. The molecular formula is C11H10FN3O6. The number of benzene rings is 1. The van der Waals surface area contributed by atoms with Gasteiger partial charge in [0.2, 0.25) is 5.91 Å². The van der Waals surface area contributed by atoms with Gasteiger partial charge in [-0.3, -0.25) is 19.7 Å². The molecule has 4 N–H and O–H groups in total. The second-order valence-electron chi connectivity index (χ2n) is 3.95. The largest absolute Gasteiger partial charge is 0.480 e. The lowest BCUT2D eigenvalue weighted by Gasteiger charge is -2.12. The van der Waals surface area contributed by atoms with Gasteiger partial charge in [-0.1, -0.05) is 0 Å². The molecule has 0 aliphatic heterocycles. The number of nitrogens with two attached hydrogens (primary N) is 1. The Kier molecular flexibility index (Phi) is 4.89. The summed E-state index contributed by atoms with van der Waals surface area (Å²) in [5.74, 6) is -4.65. The Labute approximate surface area is 116 Å². The van der Waals surface area contributed by atoms with E-state index in [-0.39, 0.29) is 0 Å². The van der Waals surface area contributed by atoms with Gasteiger partial charge in [-0.25, -0.2) is 9.18 Å². The molecule has 0 radical (unpaired) electrons. The Morgan fingerprint density at radius 1 is 1.43 bits per heavy atom. The van der Waals surface area contributed by atoms with E-state index in [9.17, 15) is 28.9 Å². The van der Waals surface area contributed by atoms with E-state index in [2.05, 4.69) is 0 Å². The molecule has 1 atom stereocenters. The van der Waals surface area contributed by atoms with Crippen molar-refractivity contribution < 1.29 is 28.8 Å². The summed E-state index contributed by atoms with van der Waals surface area (Å²) in [6.45, 7) is 0. The fraction of sp³-hybridized carbons (Fsp3) is 0.182. The summed E-state index contributed by atoms with van der Waals surface area (Å²) in [7, 11) is 0. The second kappa shape index (κ2) is 6.41. The maximum atomic E-state index is 13.1. The Balaban J connectivity index is 3.07. The van der Waals surface area contributed by atoms with Gasteiger partial charge >= 0.3 is 5.97 Å². The number of rotatable bonds is 6. The molecule has 0 saturated heterocycles. The molecule has 0 heterocycles. The quantitative estimate of drug-likeness (QED) is 0.488. The first kappa shape index (κ1) is 16.0. The summed E-state index contributed by atoms with van der Waals surface area (Å²) in [4.78, 5) is 43.2. The zero-order valence-electron chi connectivity index (χ0n) is 10.4. The lowest BCUT2D eigenvalue weighted by Crippen LogP contribution is -2.43. The first-order chi connectivity index (χ1) is 9.72. The summed E-state index contributed by atoms with van der Waals surface area (Å²) >= 11 is 0. The van der Waals surface area contributed by atoms with Crippen LogP contribution in [0.25, 0.3) is 0 Å². The highest BCUT2D eigenvalue weighted by molar-refractivity contribution is 6.00. The maximum Gasteiger partial charge on any atom is 0.326 e. The molecular weight excluding hydrogens is 289 g/mol. The number of nitrogens with zero attached hydrogens (tertiary/aromatic N) is 1. The normalized spacial score (nSPS) is 11.5. The lowest BCUT2D eigenvalue weighted by atomic mass is 10.1. The summed E-state index contributed by atoms with van der Waals surface area (Å²) in [5.41, 5.74) is 3.47. The number of carboxylic acids is 1. The molecule has 9 nitrogen and oxygen atoms in total. The highest BCUT2D eigenvalue weighted by Crippen LogP contribution is 2.19. The van der Waals surface area contributed by atoms with Crippen LogP contribution in [0.5, 0.6) is 0 Å². The molecule has 0 saturated carbocycles. The predicted octanol–water partition coefficient (Wildman–Crippen LogP) is -0.208. The number of carbonyl (C=O) groups excluding carboxylic acids is 2. The fourth-order valence-electron chi connectivity index (χ4n) is 1.49. The van der Waals surface area contributed by atoms with E-state index < -0.39 is 52.2 Å². The van der Waals surface area contributed by atoms with Crippen LogP contribution in [0, 0.1) is 15.9 Å². The first-order valence-corrected chi connectivity index (χ1v) is 5.48. The van der Waals surface area contributed by atoms with Gasteiger partial charge in [0.25, 0.3) is 11.6 Å². The fourth-order valence-corrected chi connectivity index (χ4v) is 1.49. The number of nitro groups is 1. The van der Waals surface area contributed by atoms with Crippen LogP contribution in [0.3, 0.4) is 0 Å². The molecule has 1 aromatic rings. The van der Waals surface area contributed by atoms with Crippen molar-refractivity contribution in [3.63, 3.8) is 0 Å². The van der Waals surface area contributed by atoms with Crippen molar-refractivity contribution in [1.29, 1.82) is 0 Å². The molecule has 0 spiro atoms. The van der Waals surface area contributed by atoms with Gasteiger partial charge in [-0.05, 0) is 12.1 Å². The van der Waals surface area contributed by atoms with Gasteiger partial charge in [0.1, 0.15) is 17.4 Å². The maximum absolute atomic E-state index is 13.1. The Morgan fingerprint density at radius 2 is 2.05 bits per heavy atom. The third-order valence-electron chi connectivity index (χ3n) is 2.41. The molecule has 0 unspecified atom stereocenters. The van der Waals surface area contributed by atoms with Crippen molar-refractivity contribution in [3.8, 4) is 0 Å². The van der Waals surface area contributed by atoms with Crippen LogP contribution in [0.1, 0.15) is 16.8 Å². The highest BCUT2D eigenvalue weighted by Gasteiger charge is 2.27. The van der Waals surface area contributed by atoms with Crippen molar-refractivity contribution in [2.75, 3.05) is 0 Å². The van der Waals surface area contributed by atoms with Crippen molar-refractivity contribution >= 4 is 23.5 Å². The van der Waals surface area contributed by atoms with Gasteiger partial charge in [-0.2, -0.15) is 0 Å². The van der Waals surface area contributed by atoms with Crippen molar-refractivity contribution in [2.45, 2.75) is 12.5 Å². The number of carbonyl (C=O) groups is 3. The minimum absolute atomic E-state index is 0.594. The number of carboxylic acid groups (broad SMARTS) is 1. The van der Waals surface area contributed by atoms with E-state index in [0.717, 1.165) is 12.1 Å². The Morgan fingerprint density at radius 3 is 2.52 bits per heavy atom. The number of amides is 2. The van der Waals surface area contributed by atoms with Crippen LogP contribution >= 0.6 is 0 Å². The zero-order chi connectivity index (χ0) is 16.2. The summed E-state index contributed by atoms with van der Waals surface area (Å²) in [6, 6.07) is 0.482. The SMILES string of the molecule is NC(=O)C[C@@H](NC(=O)c1cc(F)ccc1[N+](=O)[O-])C(=O)O.